The Morgan fingerprint density at radius 1 is 1.06 bits per heavy atom. The minimum atomic E-state index is -4.61. The molecule has 35 heavy (non-hydrogen) atoms. The van der Waals surface area contributed by atoms with Gasteiger partial charge in [0.1, 0.15) is 6.54 Å². The van der Waals surface area contributed by atoms with Gasteiger partial charge in [0.25, 0.3) is 5.91 Å². The molecule has 3 aliphatic rings. The number of esters is 1. The zero-order chi connectivity index (χ0) is 25.2. The number of nitrogens with one attached hydrogen (secondary N) is 1. The van der Waals surface area contributed by atoms with Crippen LogP contribution in [0.2, 0.25) is 0 Å². The van der Waals surface area contributed by atoms with Crippen molar-refractivity contribution in [3.63, 3.8) is 0 Å². The lowest BCUT2D eigenvalue weighted by molar-refractivity contribution is -0.154. The van der Waals surface area contributed by atoms with E-state index in [4.69, 9.17) is 9.47 Å². The molecule has 2 saturated heterocycles. The summed E-state index contributed by atoms with van der Waals surface area (Å²) in [5.74, 6) is -3.42. The van der Waals surface area contributed by atoms with E-state index in [9.17, 15) is 32.3 Å². The molecule has 3 amide bonds. The molecule has 3 fully saturated rings. The second-order valence-corrected chi connectivity index (χ2v) is 8.80. The van der Waals surface area contributed by atoms with Crippen LogP contribution in [0.1, 0.15) is 31.2 Å². The Hall–Kier alpha value is -3.15. The topological polar surface area (TPSA) is 105 Å². The number of nitrogens with zero attached hydrogens (tertiary/aromatic N) is 2. The molecule has 2 unspecified atom stereocenters. The summed E-state index contributed by atoms with van der Waals surface area (Å²) in [6.07, 6.45) is -1.71. The first kappa shape index (κ1) is 25.0. The summed E-state index contributed by atoms with van der Waals surface area (Å²) in [6, 6.07) is 3.04. The van der Waals surface area contributed by atoms with Crippen LogP contribution in [0.4, 0.5) is 24.5 Å². The van der Waals surface area contributed by atoms with Crippen molar-refractivity contribution in [3.8, 4) is 0 Å². The number of carbonyl (C=O) groups is 4. The summed E-state index contributed by atoms with van der Waals surface area (Å²) < 4.78 is 49.9. The second kappa shape index (κ2) is 10.2. The first-order valence-corrected chi connectivity index (χ1v) is 11.5. The van der Waals surface area contributed by atoms with Crippen molar-refractivity contribution in [2.75, 3.05) is 49.7 Å². The van der Waals surface area contributed by atoms with Crippen LogP contribution in [0, 0.1) is 11.8 Å². The molecule has 12 heteroatoms. The Labute approximate surface area is 199 Å². The summed E-state index contributed by atoms with van der Waals surface area (Å²) >= 11 is 0. The normalized spacial score (nSPS) is 22.7. The Balaban J connectivity index is 1.37. The van der Waals surface area contributed by atoms with E-state index in [-0.39, 0.29) is 5.69 Å². The Morgan fingerprint density at radius 3 is 2.29 bits per heavy atom. The van der Waals surface area contributed by atoms with Crippen LogP contribution in [0.5, 0.6) is 0 Å². The van der Waals surface area contributed by atoms with E-state index in [0.29, 0.717) is 44.8 Å². The van der Waals surface area contributed by atoms with Gasteiger partial charge in [-0.2, -0.15) is 13.2 Å². The van der Waals surface area contributed by atoms with E-state index >= 15 is 0 Å². The Morgan fingerprint density at radius 2 is 1.69 bits per heavy atom. The monoisotopic (exact) mass is 497 g/mol. The van der Waals surface area contributed by atoms with Gasteiger partial charge in [-0.3, -0.25) is 24.1 Å². The van der Waals surface area contributed by atoms with Crippen molar-refractivity contribution in [2.45, 2.75) is 31.9 Å². The molecule has 1 aromatic carbocycles. The van der Waals surface area contributed by atoms with Gasteiger partial charge in [-0.25, -0.2) is 0 Å². The van der Waals surface area contributed by atoms with Crippen molar-refractivity contribution in [3.05, 3.63) is 23.8 Å². The van der Waals surface area contributed by atoms with E-state index in [2.05, 4.69) is 5.32 Å². The van der Waals surface area contributed by atoms with Crippen LogP contribution in [-0.2, 0) is 34.8 Å². The quantitative estimate of drug-likeness (QED) is 0.475. The molecule has 0 aromatic heterocycles. The van der Waals surface area contributed by atoms with Crippen LogP contribution >= 0.6 is 0 Å². The highest BCUT2D eigenvalue weighted by atomic mass is 19.4. The first-order valence-electron chi connectivity index (χ1n) is 11.5. The third-order valence-corrected chi connectivity index (χ3v) is 6.53. The maximum atomic E-state index is 13.2. The number of ether oxygens (including phenoxy) is 2. The number of hydrogen-bond acceptors (Lipinski definition) is 7. The van der Waals surface area contributed by atoms with Gasteiger partial charge in [0, 0.05) is 13.1 Å². The van der Waals surface area contributed by atoms with Crippen molar-refractivity contribution >= 4 is 35.1 Å². The fraction of sp³-hybridized carbons (Fsp3) is 0.565. The largest absolute Gasteiger partial charge is 0.454 e. The summed E-state index contributed by atoms with van der Waals surface area (Å²) in [7, 11) is 0. The number of likely N-dealkylation sites (tertiary alicyclic amines) is 1. The van der Waals surface area contributed by atoms with Crippen molar-refractivity contribution < 1.29 is 41.8 Å². The minimum Gasteiger partial charge on any atom is -0.454 e. The molecule has 190 valence electrons. The van der Waals surface area contributed by atoms with Crippen LogP contribution in [0.25, 0.3) is 0 Å². The maximum Gasteiger partial charge on any atom is 0.416 e. The number of amides is 3. The van der Waals surface area contributed by atoms with Gasteiger partial charge >= 0.3 is 12.1 Å². The molecule has 4 rings (SSSR count). The SMILES string of the molecule is O=C(COC(=O)CN1C(=O)C2CCCCC2C1=O)Nc1cc(C(F)(F)F)ccc1N1CCOCC1. The standard InChI is InChI=1S/C23H26F3N3O6/c24-23(25,26)14-5-6-18(28-7-9-34-10-8-28)17(11-14)27-19(30)13-35-20(31)12-29-21(32)15-3-1-2-4-16(15)22(29)33/h5-6,11,15-16H,1-4,7-10,12-13H2,(H,27,30). The summed E-state index contributed by atoms with van der Waals surface area (Å²) in [4.78, 5) is 52.3. The molecule has 2 heterocycles. The summed E-state index contributed by atoms with van der Waals surface area (Å²) in [5.41, 5.74) is -0.622. The van der Waals surface area contributed by atoms with Crippen molar-refractivity contribution in [1.82, 2.24) is 4.90 Å². The fourth-order valence-electron chi connectivity index (χ4n) is 4.79. The number of rotatable bonds is 6. The van der Waals surface area contributed by atoms with Crippen molar-refractivity contribution in [1.29, 1.82) is 0 Å². The molecule has 1 aromatic rings. The molecular weight excluding hydrogens is 471 g/mol. The molecule has 1 N–H and O–H groups in total. The predicted molar refractivity (Wildman–Crippen MR) is 116 cm³/mol. The highest BCUT2D eigenvalue weighted by Crippen LogP contribution is 2.38. The zero-order valence-corrected chi connectivity index (χ0v) is 18.9. The number of morpholine rings is 1. The minimum absolute atomic E-state index is 0.0725. The summed E-state index contributed by atoms with van der Waals surface area (Å²) in [5, 5.41) is 2.38. The smallest absolute Gasteiger partial charge is 0.416 e. The number of alkyl halides is 3. The highest BCUT2D eigenvalue weighted by Gasteiger charge is 2.48. The number of anilines is 2. The molecule has 0 bridgehead atoms. The van der Waals surface area contributed by atoms with E-state index in [1.165, 1.54) is 6.07 Å². The molecule has 2 aliphatic heterocycles. The second-order valence-electron chi connectivity index (χ2n) is 8.80. The number of benzene rings is 1. The van der Waals surface area contributed by atoms with Crippen LogP contribution in [0.3, 0.4) is 0 Å². The van der Waals surface area contributed by atoms with Crippen molar-refractivity contribution in [2.24, 2.45) is 11.8 Å². The Bertz CT molecular complexity index is 985. The third-order valence-electron chi connectivity index (χ3n) is 6.53. The van der Waals surface area contributed by atoms with Gasteiger partial charge in [0.05, 0.1) is 42.0 Å². The lowest BCUT2D eigenvalue weighted by atomic mass is 9.81. The molecular formula is C23H26F3N3O6. The molecule has 9 nitrogen and oxygen atoms in total. The van der Waals surface area contributed by atoms with Gasteiger partial charge in [-0.05, 0) is 31.0 Å². The number of hydrogen-bond donors (Lipinski definition) is 1. The summed E-state index contributed by atoms with van der Waals surface area (Å²) in [6.45, 7) is 0.275. The molecule has 1 saturated carbocycles. The lowest BCUT2D eigenvalue weighted by Crippen LogP contribution is -2.38. The molecule has 1 aliphatic carbocycles. The zero-order valence-electron chi connectivity index (χ0n) is 18.9. The van der Waals surface area contributed by atoms with Gasteiger partial charge < -0.3 is 19.7 Å². The number of carbonyl (C=O) groups excluding carboxylic acids is 4. The van der Waals surface area contributed by atoms with E-state index in [1.807, 2.05) is 0 Å². The maximum absolute atomic E-state index is 13.2. The Kier molecular flexibility index (Phi) is 7.29. The molecule has 0 spiro atoms. The van der Waals surface area contributed by atoms with Gasteiger partial charge in [-0.1, -0.05) is 12.8 Å². The first-order chi connectivity index (χ1) is 16.6. The number of imide groups is 1. The van der Waals surface area contributed by atoms with E-state index in [0.717, 1.165) is 29.9 Å². The van der Waals surface area contributed by atoms with Gasteiger partial charge in [0.15, 0.2) is 6.61 Å². The van der Waals surface area contributed by atoms with Crippen LogP contribution in [-0.4, -0.2) is 68.0 Å². The average molecular weight is 497 g/mol. The van der Waals surface area contributed by atoms with Crippen LogP contribution < -0.4 is 10.2 Å². The highest BCUT2D eigenvalue weighted by molar-refractivity contribution is 6.07. The van der Waals surface area contributed by atoms with Gasteiger partial charge in [-0.15, -0.1) is 0 Å². The average Bonchev–Trinajstić information content (AvgIpc) is 3.08. The van der Waals surface area contributed by atoms with E-state index < -0.39 is 60.4 Å². The predicted octanol–water partition coefficient (Wildman–Crippen LogP) is 2.20. The van der Waals surface area contributed by atoms with Gasteiger partial charge in [0.2, 0.25) is 11.8 Å². The van der Waals surface area contributed by atoms with Crippen LogP contribution in [0.15, 0.2) is 18.2 Å². The van der Waals surface area contributed by atoms with E-state index in [1.54, 1.807) is 4.90 Å². The third kappa shape index (κ3) is 5.58. The fourth-order valence-corrected chi connectivity index (χ4v) is 4.79. The number of halogens is 3. The lowest BCUT2D eigenvalue weighted by Gasteiger charge is -2.31. The molecule has 0 radical (unpaired) electrons. The molecule has 2 atom stereocenters. The number of fused-ring (bicyclic) bond motifs is 1.